The summed E-state index contributed by atoms with van der Waals surface area (Å²) in [5.74, 6) is -0.584. The van der Waals surface area contributed by atoms with Gasteiger partial charge in [0, 0.05) is 11.8 Å². The van der Waals surface area contributed by atoms with Gasteiger partial charge in [-0.2, -0.15) is 0 Å². The fraction of sp³-hybridized carbons (Fsp3) is 0.500. The Hall–Kier alpha value is -1.52. The molecule has 5 heteroatoms. The van der Waals surface area contributed by atoms with Gasteiger partial charge in [0.15, 0.2) is 0 Å². The summed E-state index contributed by atoms with van der Waals surface area (Å²) in [7, 11) is 0. The lowest BCUT2D eigenvalue weighted by Gasteiger charge is -2.15. The Balaban J connectivity index is 2.59. The van der Waals surface area contributed by atoms with Crippen molar-refractivity contribution in [2.24, 2.45) is 5.73 Å². The highest BCUT2D eigenvalue weighted by Crippen LogP contribution is 2.05. The molecule has 2 unspecified atom stereocenters. The van der Waals surface area contributed by atoms with E-state index >= 15 is 0 Å². The molecule has 1 rings (SSSR count). The van der Waals surface area contributed by atoms with Crippen molar-refractivity contribution < 1.29 is 9.59 Å². The van der Waals surface area contributed by atoms with Crippen LogP contribution in [0, 0.1) is 0 Å². The molecule has 13 heavy (non-hydrogen) atoms. The first kappa shape index (κ1) is 9.57. The Morgan fingerprint density at radius 2 is 2.38 bits per heavy atom. The normalized spacial score (nSPS) is 23.4. The monoisotopic (exact) mass is 183 g/mol. The molecule has 0 bridgehead atoms. The zero-order valence-electron chi connectivity index (χ0n) is 7.63. The van der Waals surface area contributed by atoms with E-state index < -0.39 is 11.9 Å². The second-order valence-corrected chi connectivity index (χ2v) is 3.10. The molecule has 1 heterocycles. The molecule has 0 aromatic heterocycles. The molecule has 1 aliphatic heterocycles. The summed E-state index contributed by atoms with van der Waals surface area (Å²) in [6.45, 7) is 3.48. The summed E-state index contributed by atoms with van der Waals surface area (Å²) in [6, 6.07) is -0.532. The maximum Gasteiger partial charge on any atom is 0.246 e. The van der Waals surface area contributed by atoms with Gasteiger partial charge >= 0.3 is 0 Å². The summed E-state index contributed by atoms with van der Waals surface area (Å²) in [5.41, 5.74) is 5.77. The third-order valence-electron chi connectivity index (χ3n) is 1.92. The van der Waals surface area contributed by atoms with Crippen LogP contribution in [-0.4, -0.2) is 23.9 Å². The van der Waals surface area contributed by atoms with Crippen molar-refractivity contribution in [3.8, 4) is 0 Å². The predicted molar refractivity (Wildman–Crippen MR) is 47.5 cm³/mol. The fourth-order valence-corrected chi connectivity index (χ4v) is 1.09. The minimum absolute atomic E-state index is 0.0747. The molecule has 0 fully saturated rings. The summed E-state index contributed by atoms with van der Waals surface area (Å²) in [5, 5.41) is 5.53. The third-order valence-corrected chi connectivity index (χ3v) is 1.92. The minimum atomic E-state index is -0.457. The van der Waals surface area contributed by atoms with Gasteiger partial charge in [0.25, 0.3) is 0 Å². The lowest BCUT2D eigenvalue weighted by Crippen LogP contribution is -2.41. The summed E-state index contributed by atoms with van der Waals surface area (Å²) < 4.78 is 0. The van der Waals surface area contributed by atoms with Crippen LogP contribution in [0.15, 0.2) is 11.8 Å². The average molecular weight is 183 g/mol. The van der Waals surface area contributed by atoms with E-state index in [9.17, 15) is 9.59 Å². The van der Waals surface area contributed by atoms with Crippen molar-refractivity contribution in [1.29, 1.82) is 0 Å². The molecule has 0 aliphatic carbocycles. The van der Waals surface area contributed by atoms with Gasteiger partial charge in [0.05, 0.1) is 6.04 Å². The van der Waals surface area contributed by atoms with E-state index in [-0.39, 0.29) is 11.9 Å². The Kier molecular flexibility index (Phi) is 2.55. The van der Waals surface area contributed by atoms with Crippen molar-refractivity contribution in [3.05, 3.63) is 11.8 Å². The highest BCUT2D eigenvalue weighted by Gasteiger charge is 2.21. The lowest BCUT2D eigenvalue weighted by molar-refractivity contribution is -0.119. The number of hydrogen-bond donors (Lipinski definition) is 3. The van der Waals surface area contributed by atoms with E-state index in [4.69, 9.17) is 5.73 Å². The summed E-state index contributed by atoms with van der Waals surface area (Å²) in [6.07, 6.45) is 1.43. The van der Waals surface area contributed by atoms with Crippen molar-refractivity contribution in [3.63, 3.8) is 0 Å². The lowest BCUT2D eigenvalue weighted by atomic mass is 10.2. The van der Waals surface area contributed by atoms with Crippen LogP contribution in [0.1, 0.15) is 13.8 Å². The first-order chi connectivity index (χ1) is 6.00. The van der Waals surface area contributed by atoms with Gasteiger partial charge in [-0.25, -0.2) is 0 Å². The van der Waals surface area contributed by atoms with Crippen molar-refractivity contribution in [2.75, 3.05) is 0 Å². The Bertz CT molecular complexity index is 273. The second-order valence-electron chi connectivity index (χ2n) is 3.10. The number of carbonyl (C=O) groups is 2. The zero-order chi connectivity index (χ0) is 10.0. The van der Waals surface area contributed by atoms with Gasteiger partial charge < -0.3 is 16.4 Å². The van der Waals surface area contributed by atoms with Gasteiger partial charge in [0.2, 0.25) is 11.8 Å². The summed E-state index contributed by atoms with van der Waals surface area (Å²) in [4.78, 5) is 21.6. The Morgan fingerprint density at radius 3 is 2.77 bits per heavy atom. The van der Waals surface area contributed by atoms with Gasteiger partial charge in [-0.3, -0.25) is 9.59 Å². The Morgan fingerprint density at radius 1 is 1.77 bits per heavy atom. The van der Waals surface area contributed by atoms with Gasteiger partial charge in [-0.15, -0.1) is 0 Å². The van der Waals surface area contributed by atoms with Crippen molar-refractivity contribution >= 4 is 11.8 Å². The smallest absolute Gasteiger partial charge is 0.246 e. The Labute approximate surface area is 76.4 Å². The van der Waals surface area contributed by atoms with Gasteiger partial charge in [-0.05, 0) is 13.8 Å². The van der Waals surface area contributed by atoms with E-state index in [1.165, 1.54) is 6.08 Å². The quantitative estimate of drug-likeness (QED) is 0.516. The van der Waals surface area contributed by atoms with E-state index in [0.717, 1.165) is 0 Å². The highest BCUT2D eigenvalue weighted by molar-refractivity contribution is 5.91. The molecule has 0 saturated heterocycles. The fourth-order valence-electron chi connectivity index (χ4n) is 1.09. The van der Waals surface area contributed by atoms with Crippen LogP contribution in [0.3, 0.4) is 0 Å². The minimum Gasteiger partial charge on any atom is -0.375 e. The maximum atomic E-state index is 10.9. The number of nitrogens with one attached hydrogen (secondary N) is 2. The summed E-state index contributed by atoms with van der Waals surface area (Å²) >= 11 is 0. The van der Waals surface area contributed by atoms with Crippen LogP contribution >= 0.6 is 0 Å². The zero-order valence-corrected chi connectivity index (χ0v) is 7.63. The topological polar surface area (TPSA) is 84.2 Å². The highest BCUT2D eigenvalue weighted by atomic mass is 16.2. The first-order valence-corrected chi connectivity index (χ1v) is 4.08. The predicted octanol–water partition coefficient (Wildman–Crippen LogP) is -1.15. The standard InChI is InChI=1S/C8H13N3O2/c1-4-6(3-7(12)11-4)10-5(2)8(9)13/h3-5,10H,1-2H3,(H2,9,13)(H,11,12). The number of rotatable bonds is 3. The number of primary amides is 1. The number of carbonyl (C=O) groups excluding carboxylic acids is 2. The molecule has 0 aromatic carbocycles. The maximum absolute atomic E-state index is 10.9. The van der Waals surface area contributed by atoms with Crippen molar-refractivity contribution in [1.82, 2.24) is 10.6 Å². The van der Waals surface area contributed by atoms with Crippen LogP contribution in [0.5, 0.6) is 0 Å². The molecule has 0 aromatic rings. The van der Waals surface area contributed by atoms with Gasteiger partial charge in [0.1, 0.15) is 6.04 Å². The van der Waals surface area contributed by atoms with Gasteiger partial charge in [-0.1, -0.05) is 0 Å². The molecule has 5 nitrogen and oxygen atoms in total. The molecular formula is C8H13N3O2. The van der Waals surface area contributed by atoms with Crippen LogP contribution in [0.4, 0.5) is 0 Å². The molecular weight excluding hydrogens is 170 g/mol. The van der Waals surface area contributed by atoms with E-state index in [1.54, 1.807) is 6.92 Å². The number of hydrogen-bond acceptors (Lipinski definition) is 3. The molecule has 0 radical (unpaired) electrons. The van der Waals surface area contributed by atoms with Crippen LogP contribution < -0.4 is 16.4 Å². The number of amides is 2. The molecule has 1 aliphatic rings. The molecule has 0 saturated carbocycles. The van der Waals surface area contributed by atoms with E-state index in [2.05, 4.69) is 10.6 Å². The van der Waals surface area contributed by atoms with E-state index in [0.29, 0.717) is 5.70 Å². The van der Waals surface area contributed by atoms with Crippen molar-refractivity contribution in [2.45, 2.75) is 25.9 Å². The molecule has 4 N–H and O–H groups in total. The third kappa shape index (κ3) is 2.21. The van der Waals surface area contributed by atoms with Crippen LogP contribution in [0.25, 0.3) is 0 Å². The molecule has 2 atom stereocenters. The number of nitrogens with two attached hydrogens (primary N) is 1. The SMILES string of the molecule is CC(NC1=CC(=O)NC1C)C(N)=O. The first-order valence-electron chi connectivity index (χ1n) is 4.08. The van der Waals surface area contributed by atoms with E-state index in [1.807, 2.05) is 6.92 Å². The van der Waals surface area contributed by atoms with Crippen LogP contribution in [0.2, 0.25) is 0 Å². The largest absolute Gasteiger partial charge is 0.375 e. The molecule has 2 amide bonds. The molecule has 0 spiro atoms. The average Bonchev–Trinajstić information content (AvgIpc) is 2.30. The van der Waals surface area contributed by atoms with Crippen LogP contribution in [-0.2, 0) is 9.59 Å². The molecule has 72 valence electrons. The second kappa shape index (κ2) is 3.47.